The maximum Gasteiger partial charge on any atom is 0.331 e. The first kappa shape index (κ1) is 20.5. The second-order valence-corrected chi connectivity index (χ2v) is 6.56. The molecule has 29 heavy (non-hydrogen) atoms. The van der Waals surface area contributed by atoms with E-state index in [-0.39, 0.29) is 0 Å². The number of rotatable bonds is 6. The summed E-state index contributed by atoms with van der Waals surface area (Å²) < 4.78 is 21.4. The van der Waals surface area contributed by atoms with Crippen molar-refractivity contribution in [3.8, 4) is 17.2 Å². The van der Waals surface area contributed by atoms with Crippen LogP contribution in [0.3, 0.4) is 0 Å². The van der Waals surface area contributed by atoms with Crippen LogP contribution in [0.2, 0.25) is 5.02 Å². The molecule has 0 aliphatic carbocycles. The van der Waals surface area contributed by atoms with Crippen molar-refractivity contribution in [1.82, 2.24) is 0 Å². The van der Waals surface area contributed by atoms with Gasteiger partial charge < -0.3 is 24.3 Å². The maximum atomic E-state index is 12.0. The van der Waals surface area contributed by atoms with Gasteiger partial charge in [-0.15, -0.1) is 0 Å². The highest BCUT2D eigenvalue weighted by molar-refractivity contribution is 6.31. The fourth-order valence-electron chi connectivity index (χ4n) is 2.67. The molecule has 1 aliphatic heterocycles. The molecule has 0 fully saturated rings. The lowest BCUT2D eigenvalue weighted by atomic mass is 10.1. The van der Waals surface area contributed by atoms with E-state index < -0.39 is 18.5 Å². The van der Waals surface area contributed by atoms with Gasteiger partial charge in [-0.3, -0.25) is 4.79 Å². The van der Waals surface area contributed by atoms with Gasteiger partial charge in [-0.05, 0) is 48.4 Å². The zero-order valence-electron chi connectivity index (χ0n) is 16.0. The number of ether oxygens (including phenoxy) is 4. The van der Waals surface area contributed by atoms with Gasteiger partial charge in [0.2, 0.25) is 5.75 Å². The number of esters is 1. The number of methoxy groups -OCH3 is 1. The third-order valence-corrected chi connectivity index (χ3v) is 4.56. The standard InChI is InChI=1S/C21H20ClNO6/c1-13-15(22)4-3-5-16(13)23-19(24)12-29-20(25)7-6-14-10-17(26-2)21-18(11-14)27-8-9-28-21/h3-7,10-11H,8-9,12H2,1-2H3,(H,23,24)/b7-6+. The van der Waals surface area contributed by atoms with Crippen LogP contribution in [-0.2, 0) is 14.3 Å². The number of nitrogens with one attached hydrogen (secondary N) is 1. The lowest BCUT2D eigenvalue weighted by molar-refractivity contribution is -0.142. The van der Waals surface area contributed by atoms with E-state index in [0.29, 0.717) is 46.7 Å². The number of hydrogen-bond acceptors (Lipinski definition) is 6. The number of amides is 1. The van der Waals surface area contributed by atoms with Gasteiger partial charge in [0.25, 0.3) is 5.91 Å². The average Bonchev–Trinajstić information content (AvgIpc) is 2.73. The van der Waals surface area contributed by atoms with Crippen LogP contribution < -0.4 is 19.5 Å². The number of carbonyl (C=O) groups is 2. The van der Waals surface area contributed by atoms with Crippen molar-refractivity contribution >= 4 is 35.2 Å². The quantitative estimate of drug-likeness (QED) is 0.571. The van der Waals surface area contributed by atoms with Crippen LogP contribution in [0.15, 0.2) is 36.4 Å². The first-order valence-corrected chi connectivity index (χ1v) is 9.23. The van der Waals surface area contributed by atoms with Crippen LogP contribution in [0.5, 0.6) is 17.2 Å². The van der Waals surface area contributed by atoms with Crippen LogP contribution in [-0.4, -0.2) is 38.8 Å². The van der Waals surface area contributed by atoms with E-state index in [2.05, 4.69) is 5.32 Å². The van der Waals surface area contributed by atoms with Crippen LogP contribution in [0, 0.1) is 6.92 Å². The molecule has 0 bridgehead atoms. The molecular weight excluding hydrogens is 398 g/mol. The van der Waals surface area contributed by atoms with E-state index in [1.165, 1.54) is 13.2 Å². The Morgan fingerprint density at radius 2 is 2.03 bits per heavy atom. The first-order valence-electron chi connectivity index (χ1n) is 8.85. The van der Waals surface area contributed by atoms with Gasteiger partial charge in [0.15, 0.2) is 18.1 Å². The molecule has 1 heterocycles. The van der Waals surface area contributed by atoms with Crippen molar-refractivity contribution < 1.29 is 28.5 Å². The molecule has 0 unspecified atom stereocenters. The summed E-state index contributed by atoms with van der Waals surface area (Å²) in [6, 6.07) is 8.61. The Kier molecular flexibility index (Phi) is 6.61. The summed E-state index contributed by atoms with van der Waals surface area (Å²) in [6.45, 7) is 2.25. The number of carbonyl (C=O) groups excluding carboxylic acids is 2. The van der Waals surface area contributed by atoms with E-state index in [1.807, 2.05) is 0 Å². The van der Waals surface area contributed by atoms with Crippen LogP contribution >= 0.6 is 11.6 Å². The van der Waals surface area contributed by atoms with Gasteiger partial charge in [-0.25, -0.2) is 4.79 Å². The zero-order valence-corrected chi connectivity index (χ0v) is 16.7. The third kappa shape index (κ3) is 5.20. The molecule has 3 rings (SSSR count). The Labute approximate surface area is 173 Å². The molecule has 2 aromatic carbocycles. The summed E-state index contributed by atoms with van der Waals surface area (Å²) in [7, 11) is 1.52. The topological polar surface area (TPSA) is 83.1 Å². The van der Waals surface area contributed by atoms with Crippen molar-refractivity contribution in [2.24, 2.45) is 0 Å². The summed E-state index contributed by atoms with van der Waals surface area (Å²) in [5, 5.41) is 3.20. The Bertz CT molecular complexity index is 939. The molecule has 0 saturated carbocycles. The highest BCUT2D eigenvalue weighted by atomic mass is 35.5. The lowest BCUT2D eigenvalue weighted by Crippen LogP contribution is -2.20. The SMILES string of the molecule is COc1cc(/C=C/C(=O)OCC(=O)Nc2cccc(Cl)c2C)cc2c1OCCO2. The fraction of sp³-hybridized carbons (Fsp3) is 0.238. The average molecular weight is 418 g/mol. The minimum absolute atomic E-state index is 0.417. The molecule has 1 N–H and O–H groups in total. The van der Waals surface area contributed by atoms with Crippen LogP contribution in [0.1, 0.15) is 11.1 Å². The summed E-state index contributed by atoms with van der Waals surface area (Å²) in [4.78, 5) is 23.9. The minimum Gasteiger partial charge on any atom is -0.493 e. The Balaban J connectivity index is 1.57. The van der Waals surface area contributed by atoms with Gasteiger partial charge in [0.05, 0.1) is 7.11 Å². The summed E-state index contributed by atoms with van der Waals surface area (Å²) in [5.41, 5.74) is 1.97. The normalized spacial score (nSPS) is 12.5. The van der Waals surface area contributed by atoms with E-state index in [9.17, 15) is 9.59 Å². The van der Waals surface area contributed by atoms with Crippen molar-refractivity contribution in [1.29, 1.82) is 0 Å². The first-order chi connectivity index (χ1) is 14.0. The molecule has 0 atom stereocenters. The van der Waals surface area contributed by atoms with Gasteiger partial charge in [0.1, 0.15) is 13.2 Å². The van der Waals surface area contributed by atoms with Gasteiger partial charge >= 0.3 is 5.97 Å². The molecule has 7 nitrogen and oxygen atoms in total. The number of hydrogen-bond donors (Lipinski definition) is 1. The molecular formula is C21H20ClNO6. The predicted molar refractivity (Wildman–Crippen MR) is 109 cm³/mol. The zero-order chi connectivity index (χ0) is 20.8. The summed E-state index contributed by atoms with van der Waals surface area (Å²) in [5.74, 6) is 0.466. The molecule has 0 radical (unpaired) electrons. The monoisotopic (exact) mass is 417 g/mol. The Morgan fingerprint density at radius 3 is 2.83 bits per heavy atom. The van der Waals surface area contributed by atoms with Gasteiger partial charge in [0, 0.05) is 16.8 Å². The molecule has 8 heteroatoms. The molecule has 0 spiro atoms. The second kappa shape index (κ2) is 9.34. The smallest absolute Gasteiger partial charge is 0.331 e. The van der Waals surface area contributed by atoms with E-state index in [1.54, 1.807) is 43.3 Å². The molecule has 2 aromatic rings. The third-order valence-electron chi connectivity index (χ3n) is 4.15. The Hall–Kier alpha value is -3.19. The highest BCUT2D eigenvalue weighted by Crippen LogP contribution is 2.40. The second-order valence-electron chi connectivity index (χ2n) is 6.15. The molecule has 1 aliphatic rings. The summed E-state index contributed by atoms with van der Waals surface area (Å²) in [6.07, 6.45) is 2.77. The van der Waals surface area contributed by atoms with Gasteiger partial charge in [-0.1, -0.05) is 17.7 Å². The molecule has 0 aromatic heterocycles. The number of halogens is 1. The largest absolute Gasteiger partial charge is 0.493 e. The van der Waals surface area contributed by atoms with E-state index >= 15 is 0 Å². The van der Waals surface area contributed by atoms with Crippen molar-refractivity contribution in [3.63, 3.8) is 0 Å². The van der Waals surface area contributed by atoms with Crippen molar-refractivity contribution in [3.05, 3.63) is 52.6 Å². The fourth-order valence-corrected chi connectivity index (χ4v) is 2.84. The van der Waals surface area contributed by atoms with E-state index in [4.69, 9.17) is 30.5 Å². The maximum absolute atomic E-state index is 12.0. The number of anilines is 1. The molecule has 1 amide bonds. The Morgan fingerprint density at radius 1 is 1.24 bits per heavy atom. The molecule has 152 valence electrons. The highest BCUT2D eigenvalue weighted by Gasteiger charge is 2.18. The summed E-state index contributed by atoms with van der Waals surface area (Å²) >= 11 is 6.02. The van der Waals surface area contributed by atoms with E-state index in [0.717, 1.165) is 5.56 Å². The van der Waals surface area contributed by atoms with Crippen LogP contribution in [0.4, 0.5) is 5.69 Å². The lowest BCUT2D eigenvalue weighted by Gasteiger charge is -2.20. The van der Waals surface area contributed by atoms with Gasteiger partial charge in [-0.2, -0.15) is 0 Å². The predicted octanol–water partition coefficient (Wildman–Crippen LogP) is 3.62. The number of benzene rings is 2. The van der Waals surface area contributed by atoms with Crippen molar-refractivity contribution in [2.75, 3.05) is 32.2 Å². The van der Waals surface area contributed by atoms with Crippen LogP contribution in [0.25, 0.3) is 6.08 Å². The van der Waals surface area contributed by atoms with Crippen molar-refractivity contribution in [2.45, 2.75) is 6.92 Å². The number of fused-ring (bicyclic) bond motifs is 1. The molecule has 0 saturated heterocycles. The minimum atomic E-state index is -0.656.